The maximum absolute atomic E-state index is 4.89. The third-order valence-corrected chi connectivity index (χ3v) is 4.16. The Hall–Kier alpha value is -2.91. The second-order valence-corrected chi connectivity index (χ2v) is 5.81. The van der Waals surface area contributed by atoms with Crippen molar-refractivity contribution in [3.05, 3.63) is 108 Å². The van der Waals surface area contributed by atoms with Gasteiger partial charge in [-0.1, -0.05) is 91.0 Å². The normalized spacial score (nSPS) is 20.1. The lowest BCUT2D eigenvalue weighted by atomic mass is 10.1. The Bertz CT molecular complexity index is 813. The fourth-order valence-corrected chi connectivity index (χ4v) is 2.92. The molecule has 0 fully saturated rings. The van der Waals surface area contributed by atoms with E-state index in [1.165, 1.54) is 5.56 Å². The molecule has 3 aromatic carbocycles. The number of benzene rings is 3. The number of hydrogen-bond donors (Lipinski definition) is 2. The van der Waals surface area contributed by atoms with Crippen molar-refractivity contribution in [2.45, 2.75) is 12.3 Å². The number of rotatable bonds is 3. The van der Waals surface area contributed by atoms with Gasteiger partial charge in [0, 0.05) is 5.56 Å². The Labute approximate surface area is 142 Å². The van der Waals surface area contributed by atoms with Gasteiger partial charge in [-0.05, 0) is 11.1 Å². The molecule has 0 radical (unpaired) electrons. The minimum atomic E-state index is -0.0761. The van der Waals surface area contributed by atoms with Gasteiger partial charge in [0.1, 0.15) is 18.2 Å². The van der Waals surface area contributed by atoms with Gasteiger partial charge >= 0.3 is 0 Å². The van der Waals surface area contributed by atoms with Crippen LogP contribution in [0.3, 0.4) is 0 Å². The average molecular weight is 313 g/mol. The number of nitrogens with one attached hydrogen (secondary N) is 2. The maximum atomic E-state index is 4.89. The summed E-state index contributed by atoms with van der Waals surface area (Å²) < 4.78 is 0. The molecule has 1 aliphatic heterocycles. The Morgan fingerprint density at radius 2 is 1.17 bits per heavy atom. The zero-order valence-electron chi connectivity index (χ0n) is 13.3. The molecular formula is C21H19N3. The van der Waals surface area contributed by atoms with Crippen LogP contribution in [-0.2, 0) is 0 Å². The fraction of sp³-hybridized carbons (Fsp3) is 0.0952. The second-order valence-electron chi connectivity index (χ2n) is 5.81. The molecule has 3 nitrogen and oxygen atoms in total. The molecule has 0 aliphatic carbocycles. The molecule has 3 aromatic rings. The first-order valence-electron chi connectivity index (χ1n) is 8.16. The van der Waals surface area contributed by atoms with Gasteiger partial charge in [0.25, 0.3) is 0 Å². The highest BCUT2D eigenvalue weighted by atomic mass is 15.3. The van der Waals surface area contributed by atoms with E-state index in [4.69, 9.17) is 4.99 Å². The Balaban J connectivity index is 1.73. The van der Waals surface area contributed by atoms with Crippen molar-refractivity contribution in [2.24, 2.45) is 4.99 Å². The van der Waals surface area contributed by atoms with Crippen molar-refractivity contribution in [3.8, 4) is 0 Å². The van der Waals surface area contributed by atoms with E-state index in [1.807, 2.05) is 42.5 Å². The zero-order chi connectivity index (χ0) is 16.2. The maximum Gasteiger partial charge on any atom is 0.131 e. The highest BCUT2D eigenvalue weighted by Crippen LogP contribution is 2.24. The van der Waals surface area contributed by atoms with E-state index in [0.717, 1.165) is 17.0 Å². The third kappa shape index (κ3) is 3.07. The summed E-state index contributed by atoms with van der Waals surface area (Å²) in [6.07, 6.45) is -0.0584. The molecule has 0 amide bonds. The van der Waals surface area contributed by atoms with Crippen molar-refractivity contribution < 1.29 is 0 Å². The van der Waals surface area contributed by atoms with Gasteiger partial charge in [0.2, 0.25) is 0 Å². The summed E-state index contributed by atoms with van der Waals surface area (Å²) in [5, 5.41) is 7.11. The van der Waals surface area contributed by atoms with E-state index in [1.54, 1.807) is 0 Å². The highest BCUT2D eigenvalue weighted by molar-refractivity contribution is 5.99. The quantitative estimate of drug-likeness (QED) is 0.766. The summed E-state index contributed by atoms with van der Waals surface area (Å²) in [7, 11) is 0. The van der Waals surface area contributed by atoms with Gasteiger partial charge < -0.3 is 5.32 Å². The number of nitrogens with zero attached hydrogens (tertiary/aromatic N) is 1. The standard InChI is InChI=1S/C21H19N3/c1-4-10-16(11-5-1)19-22-20(17-12-6-2-7-13-17)24-21(23-19)18-14-8-3-9-15-18/h1-15,19-20,22H,(H,23,24). The van der Waals surface area contributed by atoms with Gasteiger partial charge in [-0.25, -0.2) is 4.99 Å². The van der Waals surface area contributed by atoms with E-state index >= 15 is 0 Å². The Morgan fingerprint density at radius 3 is 1.79 bits per heavy atom. The van der Waals surface area contributed by atoms with Crippen LogP contribution in [0.15, 0.2) is 96.0 Å². The van der Waals surface area contributed by atoms with Gasteiger partial charge in [0.15, 0.2) is 0 Å². The number of hydrogen-bond acceptors (Lipinski definition) is 3. The van der Waals surface area contributed by atoms with Crippen LogP contribution in [0.4, 0.5) is 0 Å². The molecule has 118 valence electrons. The summed E-state index contributed by atoms with van der Waals surface area (Å²) >= 11 is 0. The first-order chi connectivity index (χ1) is 11.9. The lowest BCUT2D eigenvalue weighted by Gasteiger charge is -2.32. The molecule has 4 rings (SSSR count). The lowest BCUT2D eigenvalue weighted by molar-refractivity contribution is 0.409. The van der Waals surface area contributed by atoms with Gasteiger partial charge in [-0.15, -0.1) is 0 Å². The number of amidine groups is 1. The zero-order valence-corrected chi connectivity index (χ0v) is 13.3. The van der Waals surface area contributed by atoms with Crippen LogP contribution < -0.4 is 10.6 Å². The highest BCUT2D eigenvalue weighted by Gasteiger charge is 2.24. The third-order valence-electron chi connectivity index (χ3n) is 4.16. The van der Waals surface area contributed by atoms with Crippen LogP contribution in [-0.4, -0.2) is 5.84 Å². The molecule has 24 heavy (non-hydrogen) atoms. The van der Waals surface area contributed by atoms with Crippen LogP contribution in [0.25, 0.3) is 0 Å². The van der Waals surface area contributed by atoms with Gasteiger partial charge in [0.05, 0.1) is 0 Å². The van der Waals surface area contributed by atoms with E-state index in [2.05, 4.69) is 59.2 Å². The van der Waals surface area contributed by atoms with E-state index in [-0.39, 0.29) is 12.3 Å². The van der Waals surface area contributed by atoms with Gasteiger partial charge in [-0.2, -0.15) is 0 Å². The summed E-state index contributed by atoms with van der Waals surface area (Å²) in [5.41, 5.74) is 3.45. The molecule has 2 N–H and O–H groups in total. The lowest BCUT2D eigenvalue weighted by Crippen LogP contribution is -2.44. The van der Waals surface area contributed by atoms with Crippen LogP contribution in [0.2, 0.25) is 0 Å². The molecule has 0 bridgehead atoms. The largest absolute Gasteiger partial charge is 0.350 e. The van der Waals surface area contributed by atoms with E-state index in [9.17, 15) is 0 Å². The van der Waals surface area contributed by atoms with Crippen molar-refractivity contribution in [3.63, 3.8) is 0 Å². The minimum absolute atomic E-state index is 0.0177. The van der Waals surface area contributed by atoms with Crippen LogP contribution >= 0.6 is 0 Å². The average Bonchev–Trinajstić information content (AvgIpc) is 2.70. The Morgan fingerprint density at radius 1 is 0.625 bits per heavy atom. The SMILES string of the molecule is c1ccc(C2=NC(c3ccccc3)NC(c3ccccc3)N2)cc1. The first kappa shape index (κ1) is 14.7. The smallest absolute Gasteiger partial charge is 0.131 e. The monoisotopic (exact) mass is 313 g/mol. The summed E-state index contributed by atoms with van der Waals surface area (Å²) in [5.74, 6) is 0.914. The predicted molar refractivity (Wildman–Crippen MR) is 97.6 cm³/mol. The minimum Gasteiger partial charge on any atom is -0.350 e. The van der Waals surface area contributed by atoms with Crippen molar-refractivity contribution >= 4 is 5.84 Å². The molecule has 2 atom stereocenters. The van der Waals surface area contributed by atoms with Crippen molar-refractivity contribution in [1.82, 2.24) is 10.6 Å². The molecule has 1 aliphatic rings. The molecule has 2 unspecified atom stereocenters. The van der Waals surface area contributed by atoms with Crippen molar-refractivity contribution in [1.29, 1.82) is 0 Å². The molecule has 0 saturated carbocycles. The molecule has 1 heterocycles. The van der Waals surface area contributed by atoms with Crippen LogP contribution in [0.5, 0.6) is 0 Å². The summed E-state index contributed by atoms with van der Waals surface area (Å²) in [6, 6.07) is 31.0. The first-order valence-corrected chi connectivity index (χ1v) is 8.16. The molecule has 0 spiro atoms. The van der Waals surface area contributed by atoms with E-state index < -0.39 is 0 Å². The molecule has 0 aromatic heterocycles. The topological polar surface area (TPSA) is 36.4 Å². The molecular weight excluding hydrogens is 294 g/mol. The summed E-state index contributed by atoms with van der Waals surface area (Å²) in [4.78, 5) is 4.89. The second kappa shape index (κ2) is 6.69. The van der Waals surface area contributed by atoms with Crippen molar-refractivity contribution in [2.75, 3.05) is 0 Å². The predicted octanol–water partition coefficient (Wildman–Crippen LogP) is 4.02. The summed E-state index contributed by atoms with van der Waals surface area (Å²) in [6.45, 7) is 0. The fourth-order valence-electron chi connectivity index (χ4n) is 2.92. The van der Waals surface area contributed by atoms with Crippen LogP contribution in [0, 0.1) is 0 Å². The Kier molecular flexibility index (Phi) is 4.09. The van der Waals surface area contributed by atoms with E-state index in [0.29, 0.717) is 0 Å². The number of aliphatic imine (C=N–C) groups is 1. The molecule has 0 saturated heterocycles. The van der Waals surface area contributed by atoms with Crippen LogP contribution in [0.1, 0.15) is 29.0 Å². The molecule has 3 heteroatoms. The van der Waals surface area contributed by atoms with Gasteiger partial charge in [-0.3, -0.25) is 5.32 Å².